The number of aliphatic hydroxyl groups is 1. The van der Waals surface area contributed by atoms with Crippen molar-refractivity contribution in [3.8, 4) is 11.5 Å². The van der Waals surface area contributed by atoms with Gasteiger partial charge in [-0.25, -0.2) is 0 Å². The Hall–Kier alpha value is -1.22. The van der Waals surface area contributed by atoms with Gasteiger partial charge in [0.05, 0.1) is 19.3 Å². The monoisotopic (exact) mass is 278 g/mol. The SMILES string of the molecule is CCC1CCCC(Oc2ccc([C@@H](C)O)cc2OC)C1. The smallest absolute Gasteiger partial charge is 0.161 e. The van der Waals surface area contributed by atoms with Crippen molar-refractivity contribution in [3.63, 3.8) is 0 Å². The third-order valence-electron chi connectivity index (χ3n) is 4.28. The van der Waals surface area contributed by atoms with Crippen molar-refractivity contribution >= 4 is 0 Å². The summed E-state index contributed by atoms with van der Waals surface area (Å²) < 4.78 is 11.5. The molecular weight excluding hydrogens is 252 g/mol. The average Bonchev–Trinajstić information content (AvgIpc) is 2.47. The molecule has 0 aromatic heterocycles. The minimum Gasteiger partial charge on any atom is -0.493 e. The van der Waals surface area contributed by atoms with Crippen LogP contribution in [0.4, 0.5) is 0 Å². The van der Waals surface area contributed by atoms with Crippen LogP contribution in [-0.2, 0) is 0 Å². The summed E-state index contributed by atoms with van der Waals surface area (Å²) in [5.74, 6) is 2.29. The van der Waals surface area contributed by atoms with E-state index in [0.717, 1.165) is 30.1 Å². The highest BCUT2D eigenvalue weighted by atomic mass is 16.5. The van der Waals surface area contributed by atoms with Crippen LogP contribution >= 0.6 is 0 Å². The van der Waals surface area contributed by atoms with Gasteiger partial charge in [-0.1, -0.05) is 25.8 Å². The molecule has 1 N–H and O–H groups in total. The van der Waals surface area contributed by atoms with Crippen LogP contribution in [0.3, 0.4) is 0 Å². The van der Waals surface area contributed by atoms with Crippen LogP contribution in [0.15, 0.2) is 18.2 Å². The first kappa shape index (κ1) is 15.2. The Morgan fingerprint density at radius 2 is 2.10 bits per heavy atom. The topological polar surface area (TPSA) is 38.7 Å². The summed E-state index contributed by atoms with van der Waals surface area (Å²) in [7, 11) is 1.64. The van der Waals surface area contributed by atoms with Gasteiger partial charge in [-0.15, -0.1) is 0 Å². The highest BCUT2D eigenvalue weighted by Gasteiger charge is 2.23. The molecule has 0 radical (unpaired) electrons. The molecule has 2 rings (SSSR count). The number of hydrogen-bond donors (Lipinski definition) is 1. The zero-order chi connectivity index (χ0) is 14.5. The number of ether oxygens (including phenoxy) is 2. The van der Waals surface area contributed by atoms with Gasteiger partial charge in [-0.3, -0.25) is 0 Å². The second-order valence-electron chi connectivity index (χ2n) is 5.77. The van der Waals surface area contributed by atoms with Crippen molar-refractivity contribution in [1.29, 1.82) is 0 Å². The molecule has 0 saturated heterocycles. The minimum absolute atomic E-state index is 0.292. The molecule has 2 unspecified atom stereocenters. The van der Waals surface area contributed by atoms with Crippen molar-refractivity contribution in [1.82, 2.24) is 0 Å². The maximum absolute atomic E-state index is 9.63. The standard InChI is InChI=1S/C17H26O3/c1-4-13-6-5-7-15(10-13)20-16-9-8-14(12(2)18)11-17(16)19-3/h8-9,11-13,15,18H,4-7,10H2,1-3H3/t12-,13?,15?/m1/s1. The quantitative estimate of drug-likeness (QED) is 0.881. The largest absolute Gasteiger partial charge is 0.493 e. The van der Waals surface area contributed by atoms with Crippen molar-refractivity contribution < 1.29 is 14.6 Å². The van der Waals surface area contributed by atoms with Crippen LogP contribution in [0, 0.1) is 5.92 Å². The fourth-order valence-corrected chi connectivity index (χ4v) is 2.94. The molecule has 3 heteroatoms. The number of aliphatic hydroxyl groups excluding tert-OH is 1. The first-order chi connectivity index (χ1) is 9.63. The Morgan fingerprint density at radius 1 is 1.30 bits per heavy atom. The first-order valence-corrected chi connectivity index (χ1v) is 7.66. The van der Waals surface area contributed by atoms with Crippen LogP contribution < -0.4 is 9.47 Å². The first-order valence-electron chi connectivity index (χ1n) is 7.66. The summed E-state index contributed by atoms with van der Waals surface area (Å²) in [5.41, 5.74) is 0.851. The molecule has 1 aromatic carbocycles. The van der Waals surface area contributed by atoms with E-state index >= 15 is 0 Å². The van der Waals surface area contributed by atoms with Gasteiger partial charge in [-0.05, 0) is 49.8 Å². The van der Waals surface area contributed by atoms with E-state index < -0.39 is 6.10 Å². The molecule has 1 aliphatic rings. The fourth-order valence-electron chi connectivity index (χ4n) is 2.94. The summed E-state index contributed by atoms with van der Waals surface area (Å²) in [5, 5.41) is 9.63. The highest BCUT2D eigenvalue weighted by molar-refractivity contribution is 5.43. The predicted molar refractivity (Wildman–Crippen MR) is 80.3 cm³/mol. The molecule has 0 bridgehead atoms. The fraction of sp³-hybridized carbons (Fsp3) is 0.647. The second-order valence-corrected chi connectivity index (χ2v) is 5.77. The van der Waals surface area contributed by atoms with Gasteiger partial charge in [0.25, 0.3) is 0 Å². The Balaban J connectivity index is 2.08. The number of rotatable bonds is 5. The van der Waals surface area contributed by atoms with E-state index in [0.29, 0.717) is 11.9 Å². The molecule has 0 heterocycles. The van der Waals surface area contributed by atoms with E-state index in [1.165, 1.54) is 19.3 Å². The molecule has 0 spiro atoms. The normalized spacial score (nSPS) is 24.2. The van der Waals surface area contributed by atoms with Gasteiger partial charge in [0.2, 0.25) is 0 Å². The van der Waals surface area contributed by atoms with Crippen LogP contribution in [-0.4, -0.2) is 18.3 Å². The Bertz CT molecular complexity index is 428. The maximum Gasteiger partial charge on any atom is 0.161 e. The minimum atomic E-state index is -0.489. The third-order valence-corrected chi connectivity index (χ3v) is 4.28. The predicted octanol–water partition coefficient (Wildman–Crippen LogP) is 4.10. The van der Waals surface area contributed by atoms with E-state index in [1.54, 1.807) is 14.0 Å². The van der Waals surface area contributed by atoms with E-state index in [1.807, 2.05) is 18.2 Å². The van der Waals surface area contributed by atoms with Crippen molar-refractivity contribution in [2.75, 3.05) is 7.11 Å². The Kier molecular flexibility index (Phi) is 5.30. The summed E-state index contributed by atoms with van der Waals surface area (Å²) in [6, 6.07) is 5.68. The lowest BCUT2D eigenvalue weighted by molar-refractivity contribution is 0.118. The van der Waals surface area contributed by atoms with Crippen LogP contribution in [0.1, 0.15) is 57.6 Å². The zero-order valence-corrected chi connectivity index (χ0v) is 12.8. The molecule has 1 aliphatic carbocycles. The molecule has 1 saturated carbocycles. The molecular formula is C17H26O3. The molecule has 20 heavy (non-hydrogen) atoms. The van der Waals surface area contributed by atoms with Gasteiger partial charge in [0.1, 0.15) is 0 Å². The van der Waals surface area contributed by atoms with E-state index in [9.17, 15) is 5.11 Å². The second kappa shape index (κ2) is 6.98. The van der Waals surface area contributed by atoms with Crippen LogP contribution in [0.2, 0.25) is 0 Å². The van der Waals surface area contributed by atoms with Gasteiger partial charge >= 0.3 is 0 Å². The number of hydrogen-bond acceptors (Lipinski definition) is 3. The van der Waals surface area contributed by atoms with Gasteiger partial charge in [0, 0.05) is 0 Å². The van der Waals surface area contributed by atoms with Gasteiger partial charge in [0.15, 0.2) is 11.5 Å². The van der Waals surface area contributed by atoms with Crippen molar-refractivity contribution in [2.45, 2.75) is 58.2 Å². The summed E-state index contributed by atoms with van der Waals surface area (Å²) >= 11 is 0. The van der Waals surface area contributed by atoms with Crippen LogP contribution in [0.25, 0.3) is 0 Å². The lowest BCUT2D eigenvalue weighted by Gasteiger charge is -2.29. The Morgan fingerprint density at radius 3 is 2.75 bits per heavy atom. The Labute approximate surface area is 121 Å². The summed E-state index contributed by atoms with van der Waals surface area (Å²) in [4.78, 5) is 0. The molecule has 3 atom stereocenters. The lowest BCUT2D eigenvalue weighted by Crippen LogP contribution is -2.25. The third kappa shape index (κ3) is 3.66. The van der Waals surface area contributed by atoms with Gasteiger partial charge < -0.3 is 14.6 Å². The lowest BCUT2D eigenvalue weighted by atomic mass is 9.85. The van der Waals surface area contributed by atoms with Gasteiger partial charge in [-0.2, -0.15) is 0 Å². The number of methoxy groups -OCH3 is 1. The molecule has 112 valence electrons. The van der Waals surface area contributed by atoms with E-state index in [4.69, 9.17) is 9.47 Å². The van der Waals surface area contributed by atoms with Crippen molar-refractivity contribution in [3.05, 3.63) is 23.8 Å². The zero-order valence-electron chi connectivity index (χ0n) is 12.8. The van der Waals surface area contributed by atoms with Crippen LogP contribution in [0.5, 0.6) is 11.5 Å². The van der Waals surface area contributed by atoms with E-state index in [-0.39, 0.29) is 0 Å². The molecule has 0 aliphatic heterocycles. The summed E-state index contributed by atoms with van der Waals surface area (Å²) in [6.45, 7) is 4.01. The highest BCUT2D eigenvalue weighted by Crippen LogP contribution is 2.35. The number of benzene rings is 1. The van der Waals surface area contributed by atoms with E-state index in [2.05, 4.69) is 6.92 Å². The molecule has 1 aromatic rings. The molecule has 3 nitrogen and oxygen atoms in total. The maximum atomic E-state index is 9.63. The summed E-state index contributed by atoms with van der Waals surface area (Å²) in [6.07, 6.45) is 5.87. The van der Waals surface area contributed by atoms with Crippen molar-refractivity contribution in [2.24, 2.45) is 5.92 Å². The molecule has 0 amide bonds. The molecule has 1 fully saturated rings. The average molecular weight is 278 g/mol.